The van der Waals surface area contributed by atoms with E-state index in [0.29, 0.717) is 12.8 Å². The number of benzene rings is 1. The Hall–Kier alpha value is -1.10. The summed E-state index contributed by atoms with van der Waals surface area (Å²) in [5.74, 6) is 0. The fourth-order valence-electron chi connectivity index (χ4n) is 2.63. The van der Waals surface area contributed by atoms with Gasteiger partial charge in [-0.05, 0) is 25.3 Å². The lowest BCUT2D eigenvalue weighted by atomic mass is 9.77. The Balaban J connectivity index is 2.44. The minimum absolute atomic E-state index is 0.0416. The van der Waals surface area contributed by atoms with Crippen molar-refractivity contribution in [2.75, 3.05) is 0 Å². The van der Waals surface area contributed by atoms with E-state index in [1.54, 1.807) is 0 Å². The molecule has 0 saturated heterocycles. The second-order valence-electron chi connectivity index (χ2n) is 4.87. The van der Waals surface area contributed by atoms with Crippen molar-refractivity contribution < 1.29 is 17.6 Å². The molecule has 2 N–H and O–H groups in total. The highest BCUT2D eigenvalue weighted by Gasteiger charge is 2.43. The van der Waals surface area contributed by atoms with E-state index in [9.17, 15) is 17.6 Å². The van der Waals surface area contributed by atoms with Crippen LogP contribution >= 0.6 is 0 Å². The highest BCUT2D eigenvalue weighted by Crippen LogP contribution is 2.45. The van der Waals surface area contributed by atoms with E-state index in [-0.39, 0.29) is 24.4 Å². The molecule has 1 nitrogen and oxygen atoms in total. The van der Waals surface area contributed by atoms with E-state index in [0.717, 1.165) is 6.07 Å². The van der Waals surface area contributed by atoms with Crippen molar-refractivity contribution in [1.82, 2.24) is 0 Å². The van der Waals surface area contributed by atoms with Crippen molar-refractivity contribution in [2.24, 2.45) is 5.73 Å². The van der Waals surface area contributed by atoms with Crippen LogP contribution in [0.25, 0.3) is 0 Å². The van der Waals surface area contributed by atoms with E-state index in [2.05, 4.69) is 0 Å². The summed E-state index contributed by atoms with van der Waals surface area (Å²) in [5.41, 5.74) is 2.57. The summed E-state index contributed by atoms with van der Waals surface area (Å²) in [6.45, 7) is 0. The molecule has 2 unspecified atom stereocenters. The van der Waals surface area contributed by atoms with Crippen molar-refractivity contribution in [3.05, 3.63) is 35.4 Å². The Morgan fingerprint density at radius 2 is 1.89 bits per heavy atom. The largest absolute Gasteiger partial charge is 0.416 e. The molecule has 0 spiro atoms. The summed E-state index contributed by atoms with van der Waals surface area (Å²) in [5, 5.41) is 0. The Morgan fingerprint density at radius 1 is 1.22 bits per heavy atom. The number of hydrogen-bond acceptors (Lipinski definition) is 1. The third-order valence-electron chi connectivity index (χ3n) is 3.45. The number of halogens is 4. The third kappa shape index (κ3) is 2.51. The SMILES string of the molecule is NC1CCCC(F)(c2ccccc2C(F)(F)F)C1. The van der Waals surface area contributed by atoms with Crippen LogP contribution in [0, 0.1) is 0 Å². The summed E-state index contributed by atoms with van der Waals surface area (Å²) >= 11 is 0. The summed E-state index contributed by atoms with van der Waals surface area (Å²) in [6, 6.07) is 4.49. The first-order valence-electron chi connectivity index (χ1n) is 5.94. The van der Waals surface area contributed by atoms with Crippen molar-refractivity contribution >= 4 is 0 Å². The summed E-state index contributed by atoms with van der Waals surface area (Å²) in [7, 11) is 0. The van der Waals surface area contributed by atoms with Gasteiger partial charge in [0.2, 0.25) is 0 Å². The first kappa shape index (κ1) is 13.3. The molecule has 0 aliphatic heterocycles. The van der Waals surface area contributed by atoms with E-state index < -0.39 is 17.4 Å². The highest BCUT2D eigenvalue weighted by atomic mass is 19.4. The molecule has 0 bridgehead atoms. The average molecular weight is 261 g/mol. The van der Waals surface area contributed by atoms with E-state index in [1.165, 1.54) is 18.2 Å². The zero-order valence-corrected chi connectivity index (χ0v) is 9.80. The summed E-state index contributed by atoms with van der Waals surface area (Å²) < 4.78 is 53.4. The van der Waals surface area contributed by atoms with Gasteiger partial charge in [-0.1, -0.05) is 18.2 Å². The molecular formula is C13H15F4N. The van der Waals surface area contributed by atoms with Crippen LogP contribution in [0.4, 0.5) is 17.6 Å². The van der Waals surface area contributed by atoms with Crippen molar-refractivity contribution in [3.8, 4) is 0 Å². The molecular weight excluding hydrogens is 246 g/mol. The van der Waals surface area contributed by atoms with Gasteiger partial charge < -0.3 is 5.73 Å². The maximum Gasteiger partial charge on any atom is 0.416 e. The standard InChI is InChI=1S/C13H15F4N/c14-12(7-3-4-9(18)8-12)10-5-1-2-6-11(10)13(15,16)17/h1-2,5-6,9H,3-4,7-8,18H2. The van der Waals surface area contributed by atoms with Gasteiger partial charge in [-0.2, -0.15) is 13.2 Å². The van der Waals surface area contributed by atoms with E-state index in [1.807, 2.05) is 0 Å². The predicted octanol–water partition coefficient (Wildman–Crippen LogP) is 3.77. The zero-order chi connectivity index (χ0) is 13.4. The quantitative estimate of drug-likeness (QED) is 0.765. The van der Waals surface area contributed by atoms with E-state index >= 15 is 0 Å². The van der Waals surface area contributed by atoms with Crippen molar-refractivity contribution in [3.63, 3.8) is 0 Å². The maximum absolute atomic E-state index is 14.8. The van der Waals surface area contributed by atoms with Gasteiger partial charge in [0.05, 0.1) is 5.56 Å². The second-order valence-corrected chi connectivity index (χ2v) is 4.87. The molecule has 0 amide bonds. The number of alkyl halides is 4. The molecule has 5 heteroatoms. The number of rotatable bonds is 1. The van der Waals surface area contributed by atoms with Crippen LogP contribution in [-0.4, -0.2) is 6.04 Å². The molecule has 2 atom stereocenters. The molecule has 1 aliphatic carbocycles. The minimum Gasteiger partial charge on any atom is -0.328 e. The van der Waals surface area contributed by atoms with Crippen LogP contribution in [0.1, 0.15) is 36.8 Å². The Labute approximate surface area is 103 Å². The minimum atomic E-state index is -4.53. The first-order valence-corrected chi connectivity index (χ1v) is 5.94. The fraction of sp³-hybridized carbons (Fsp3) is 0.538. The molecule has 1 fully saturated rings. The normalized spacial score (nSPS) is 29.3. The highest BCUT2D eigenvalue weighted by molar-refractivity contribution is 5.35. The molecule has 0 heterocycles. The second kappa shape index (κ2) is 4.53. The Morgan fingerprint density at radius 3 is 2.50 bits per heavy atom. The molecule has 100 valence electrons. The summed E-state index contributed by atoms with van der Waals surface area (Å²) in [4.78, 5) is 0. The maximum atomic E-state index is 14.8. The molecule has 1 saturated carbocycles. The molecule has 18 heavy (non-hydrogen) atoms. The van der Waals surface area contributed by atoms with Gasteiger partial charge in [0.1, 0.15) is 5.67 Å². The van der Waals surface area contributed by atoms with Gasteiger partial charge in [0.25, 0.3) is 0 Å². The van der Waals surface area contributed by atoms with Gasteiger partial charge in [-0.3, -0.25) is 0 Å². The van der Waals surface area contributed by atoms with Gasteiger partial charge in [-0.25, -0.2) is 4.39 Å². The Bertz CT molecular complexity index is 429. The van der Waals surface area contributed by atoms with Crippen molar-refractivity contribution in [2.45, 2.75) is 43.6 Å². The molecule has 0 aromatic heterocycles. The lowest BCUT2D eigenvalue weighted by Gasteiger charge is -2.35. The smallest absolute Gasteiger partial charge is 0.328 e. The van der Waals surface area contributed by atoms with Crippen LogP contribution in [0.5, 0.6) is 0 Å². The predicted molar refractivity (Wildman–Crippen MR) is 60.7 cm³/mol. The van der Waals surface area contributed by atoms with Crippen LogP contribution in [0.3, 0.4) is 0 Å². The lowest BCUT2D eigenvalue weighted by molar-refractivity contribution is -0.140. The average Bonchev–Trinajstić information content (AvgIpc) is 2.27. The number of nitrogens with two attached hydrogens (primary N) is 1. The van der Waals surface area contributed by atoms with Gasteiger partial charge in [0.15, 0.2) is 0 Å². The number of hydrogen-bond donors (Lipinski definition) is 1. The van der Waals surface area contributed by atoms with Gasteiger partial charge >= 0.3 is 6.18 Å². The monoisotopic (exact) mass is 261 g/mol. The first-order chi connectivity index (χ1) is 8.33. The third-order valence-corrected chi connectivity index (χ3v) is 3.45. The van der Waals surface area contributed by atoms with Crippen LogP contribution in [-0.2, 0) is 11.8 Å². The lowest BCUT2D eigenvalue weighted by Crippen LogP contribution is -2.37. The van der Waals surface area contributed by atoms with E-state index in [4.69, 9.17) is 5.73 Å². The molecule has 2 rings (SSSR count). The summed E-state index contributed by atoms with van der Waals surface area (Å²) in [6.07, 6.45) is -3.28. The molecule has 0 radical (unpaired) electrons. The molecule has 1 aliphatic rings. The van der Waals surface area contributed by atoms with Crippen LogP contribution in [0.2, 0.25) is 0 Å². The van der Waals surface area contributed by atoms with Crippen LogP contribution in [0.15, 0.2) is 24.3 Å². The Kier molecular flexibility index (Phi) is 3.36. The van der Waals surface area contributed by atoms with Gasteiger partial charge in [-0.15, -0.1) is 0 Å². The van der Waals surface area contributed by atoms with Crippen LogP contribution < -0.4 is 5.73 Å². The van der Waals surface area contributed by atoms with Crippen molar-refractivity contribution in [1.29, 1.82) is 0 Å². The topological polar surface area (TPSA) is 26.0 Å². The van der Waals surface area contributed by atoms with Gasteiger partial charge in [0, 0.05) is 18.0 Å². The molecule has 1 aromatic rings. The fourth-order valence-corrected chi connectivity index (χ4v) is 2.63. The zero-order valence-electron chi connectivity index (χ0n) is 9.80. The molecule has 1 aromatic carbocycles.